The third kappa shape index (κ3) is 2.92. The smallest absolute Gasteiger partial charge is 0.242 e. The molecule has 0 aliphatic rings. The van der Waals surface area contributed by atoms with Crippen molar-refractivity contribution >= 4 is 32.7 Å². The highest BCUT2D eigenvalue weighted by atomic mass is 35.5. The molecule has 2 N–H and O–H groups in total. The number of nitrogens with zero attached hydrogens (tertiary/aromatic N) is 1. The second-order valence-electron chi connectivity index (χ2n) is 4.46. The van der Waals surface area contributed by atoms with E-state index in [4.69, 9.17) is 11.6 Å². The number of nitrogens with one attached hydrogen (secondary N) is 2. The molecular weight excluding hydrogens is 310 g/mol. The van der Waals surface area contributed by atoms with Gasteiger partial charge in [0.2, 0.25) is 10.0 Å². The first kappa shape index (κ1) is 14.1. The van der Waals surface area contributed by atoms with Crippen LogP contribution in [0.4, 0.5) is 0 Å². The van der Waals surface area contributed by atoms with Crippen LogP contribution in [0.1, 0.15) is 5.82 Å². The molecule has 0 fully saturated rings. The fourth-order valence-corrected chi connectivity index (χ4v) is 3.50. The first-order valence-electron chi connectivity index (χ1n) is 6.24. The molecule has 0 atom stereocenters. The van der Waals surface area contributed by atoms with Gasteiger partial charge in [-0.15, -0.1) is 0 Å². The van der Waals surface area contributed by atoms with Gasteiger partial charge in [-0.25, -0.2) is 18.1 Å². The van der Waals surface area contributed by atoms with Gasteiger partial charge in [0.1, 0.15) is 10.7 Å². The fraction of sp³-hybridized carbons (Fsp3) is 0.0714. The van der Waals surface area contributed by atoms with Crippen LogP contribution in [-0.2, 0) is 16.6 Å². The van der Waals surface area contributed by atoms with Crippen LogP contribution < -0.4 is 4.72 Å². The van der Waals surface area contributed by atoms with E-state index in [2.05, 4.69) is 14.7 Å². The van der Waals surface area contributed by atoms with E-state index in [0.29, 0.717) is 5.82 Å². The maximum absolute atomic E-state index is 12.2. The number of rotatable bonds is 4. The number of para-hydroxylation sites is 2. The molecule has 21 heavy (non-hydrogen) atoms. The van der Waals surface area contributed by atoms with Crippen LogP contribution in [0.25, 0.3) is 11.0 Å². The van der Waals surface area contributed by atoms with Crippen molar-refractivity contribution in [2.24, 2.45) is 0 Å². The van der Waals surface area contributed by atoms with Gasteiger partial charge in [0.15, 0.2) is 0 Å². The molecule has 0 bridgehead atoms. The van der Waals surface area contributed by atoms with Crippen LogP contribution in [0.2, 0.25) is 5.02 Å². The van der Waals surface area contributed by atoms with E-state index >= 15 is 0 Å². The summed E-state index contributed by atoms with van der Waals surface area (Å²) < 4.78 is 26.9. The topological polar surface area (TPSA) is 74.8 Å². The molecule has 0 aliphatic carbocycles. The Balaban J connectivity index is 1.82. The van der Waals surface area contributed by atoms with E-state index in [1.54, 1.807) is 12.1 Å². The number of imidazole rings is 1. The summed E-state index contributed by atoms with van der Waals surface area (Å²) >= 11 is 5.91. The lowest BCUT2D eigenvalue weighted by atomic mass is 10.3. The van der Waals surface area contributed by atoms with Crippen molar-refractivity contribution in [3.05, 3.63) is 59.4 Å². The van der Waals surface area contributed by atoms with Crippen molar-refractivity contribution in [3.63, 3.8) is 0 Å². The van der Waals surface area contributed by atoms with Crippen LogP contribution in [0.15, 0.2) is 53.4 Å². The molecule has 0 saturated heterocycles. The number of fused-ring (bicyclic) bond motifs is 1. The molecule has 0 radical (unpaired) electrons. The van der Waals surface area contributed by atoms with Crippen molar-refractivity contribution in [1.82, 2.24) is 14.7 Å². The molecule has 108 valence electrons. The van der Waals surface area contributed by atoms with Gasteiger partial charge in [0.05, 0.1) is 22.6 Å². The fourth-order valence-electron chi connectivity index (χ4n) is 1.99. The van der Waals surface area contributed by atoms with Gasteiger partial charge in [-0.3, -0.25) is 0 Å². The lowest BCUT2D eigenvalue weighted by Crippen LogP contribution is -2.24. The van der Waals surface area contributed by atoms with Crippen molar-refractivity contribution in [1.29, 1.82) is 0 Å². The van der Waals surface area contributed by atoms with E-state index in [1.165, 1.54) is 12.1 Å². The lowest BCUT2D eigenvalue weighted by molar-refractivity contribution is 0.580. The van der Waals surface area contributed by atoms with Gasteiger partial charge in [-0.1, -0.05) is 35.9 Å². The Bertz CT molecular complexity index is 857. The Morgan fingerprint density at radius 1 is 1.10 bits per heavy atom. The van der Waals surface area contributed by atoms with Gasteiger partial charge >= 0.3 is 0 Å². The largest absolute Gasteiger partial charge is 0.341 e. The highest BCUT2D eigenvalue weighted by Crippen LogP contribution is 2.20. The van der Waals surface area contributed by atoms with Crippen LogP contribution in [0, 0.1) is 0 Å². The third-order valence-corrected chi connectivity index (χ3v) is 4.90. The van der Waals surface area contributed by atoms with Crippen LogP contribution in [0.3, 0.4) is 0 Å². The standard InChI is InChI=1S/C14H12ClN3O2S/c15-10-5-1-4-8-13(10)21(19,20)16-9-14-17-11-6-2-3-7-12(11)18-14/h1-8,16H,9H2,(H,17,18). The van der Waals surface area contributed by atoms with Crippen molar-refractivity contribution < 1.29 is 8.42 Å². The molecule has 0 spiro atoms. The third-order valence-electron chi connectivity index (χ3n) is 2.99. The lowest BCUT2D eigenvalue weighted by Gasteiger charge is -2.06. The predicted octanol–water partition coefficient (Wildman–Crippen LogP) is 2.69. The predicted molar refractivity (Wildman–Crippen MR) is 81.6 cm³/mol. The molecule has 3 rings (SSSR count). The highest BCUT2D eigenvalue weighted by Gasteiger charge is 2.17. The van der Waals surface area contributed by atoms with Crippen molar-refractivity contribution in [3.8, 4) is 0 Å². The van der Waals surface area contributed by atoms with Crippen LogP contribution >= 0.6 is 11.6 Å². The molecule has 0 unspecified atom stereocenters. The summed E-state index contributed by atoms with van der Waals surface area (Å²) in [5.74, 6) is 0.548. The Kier molecular flexibility index (Phi) is 3.67. The Morgan fingerprint density at radius 3 is 2.57 bits per heavy atom. The second-order valence-corrected chi connectivity index (χ2v) is 6.60. The second kappa shape index (κ2) is 5.48. The average Bonchev–Trinajstić information content (AvgIpc) is 2.88. The van der Waals surface area contributed by atoms with Gasteiger partial charge in [0.25, 0.3) is 0 Å². The molecule has 7 heteroatoms. The van der Waals surface area contributed by atoms with Gasteiger partial charge in [-0.2, -0.15) is 0 Å². The number of halogens is 1. The minimum atomic E-state index is -3.67. The summed E-state index contributed by atoms with van der Waals surface area (Å²) in [6.45, 7) is 0.0717. The summed E-state index contributed by atoms with van der Waals surface area (Å²) in [4.78, 5) is 7.44. The maximum Gasteiger partial charge on any atom is 0.242 e. The molecular formula is C14H12ClN3O2S. The maximum atomic E-state index is 12.2. The van der Waals surface area contributed by atoms with E-state index in [1.807, 2.05) is 24.3 Å². The molecule has 3 aromatic rings. The number of H-pyrrole nitrogens is 1. The van der Waals surface area contributed by atoms with Crippen LogP contribution in [0.5, 0.6) is 0 Å². The first-order valence-corrected chi connectivity index (χ1v) is 8.10. The highest BCUT2D eigenvalue weighted by molar-refractivity contribution is 7.89. The van der Waals surface area contributed by atoms with E-state index in [9.17, 15) is 8.42 Å². The number of hydrogen-bond donors (Lipinski definition) is 2. The SMILES string of the molecule is O=S(=O)(NCc1nc2ccccc2[nH]1)c1ccccc1Cl. The van der Waals surface area contributed by atoms with Gasteiger partial charge < -0.3 is 4.98 Å². The Morgan fingerprint density at radius 2 is 1.81 bits per heavy atom. The summed E-state index contributed by atoms with van der Waals surface area (Å²) in [5, 5.41) is 0.189. The van der Waals surface area contributed by atoms with E-state index in [0.717, 1.165) is 11.0 Å². The molecule has 0 amide bonds. The van der Waals surface area contributed by atoms with Crippen LogP contribution in [-0.4, -0.2) is 18.4 Å². The molecule has 1 aromatic heterocycles. The molecule has 0 saturated carbocycles. The Labute approximate surface area is 127 Å². The van der Waals surface area contributed by atoms with Gasteiger partial charge in [-0.05, 0) is 24.3 Å². The van der Waals surface area contributed by atoms with Crippen molar-refractivity contribution in [2.75, 3.05) is 0 Å². The minimum Gasteiger partial charge on any atom is -0.341 e. The molecule has 5 nitrogen and oxygen atoms in total. The Hall–Kier alpha value is -1.89. The van der Waals surface area contributed by atoms with E-state index in [-0.39, 0.29) is 16.5 Å². The quantitative estimate of drug-likeness (QED) is 0.775. The monoisotopic (exact) mass is 321 g/mol. The number of hydrogen-bond acceptors (Lipinski definition) is 3. The normalized spacial score (nSPS) is 11.9. The summed E-state index contributed by atoms with van der Waals surface area (Å²) in [5.41, 5.74) is 1.66. The molecule has 0 aliphatic heterocycles. The summed E-state index contributed by atoms with van der Waals surface area (Å²) in [6.07, 6.45) is 0. The minimum absolute atomic E-state index is 0.0581. The van der Waals surface area contributed by atoms with Gasteiger partial charge in [0, 0.05) is 0 Å². The van der Waals surface area contributed by atoms with E-state index < -0.39 is 10.0 Å². The number of aromatic nitrogens is 2. The zero-order chi connectivity index (χ0) is 14.9. The zero-order valence-electron chi connectivity index (χ0n) is 10.9. The summed E-state index contributed by atoms with van der Waals surface area (Å²) in [6, 6.07) is 13.8. The zero-order valence-corrected chi connectivity index (χ0v) is 12.4. The number of benzene rings is 2. The summed E-state index contributed by atoms with van der Waals surface area (Å²) in [7, 11) is -3.67. The van der Waals surface area contributed by atoms with Crippen molar-refractivity contribution in [2.45, 2.75) is 11.4 Å². The average molecular weight is 322 g/mol. The first-order chi connectivity index (χ1) is 10.1. The molecule has 2 aromatic carbocycles. The molecule has 1 heterocycles. The number of sulfonamides is 1. The number of aromatic amines is 1.